The van der Waals surface area contributed by atoms with Crippen LogP contribution in [0.25, 0.3) is 11.2 Å². The first-order chi connectivity index (χ1) is 20.3. The molecule has 0 bridgehead atoms. The Morgan fingerprint density at radius 3 is 2.65 bits per heavy atom. The number of aliphatic hydroxyl groups is 1. The molecule has 3 aromatic rings. The van der Waals surface area contributed by atoms with E-state index in [2.05, 4.69) is 20.0 Å². The SMILES string of the molecule is COc1nc(N)nc2c1ncn2[C@@H]1O[C@H](CO[P@](=O)(N[C@@H](C)C(=O)OCC(C)(C)C)Oc2ccccc2)[C@@H](O)[C@]12CCO2. The number of nitrogens with two attached hydrogens (primary N) is 1. The Bertz CT molecular complexity index is 1490. The number of aromatic nitrogens is 4. The number of nitrogens with one attached hydrogen (secondary N) is 1. The Balaban J connectivity index is 1.36. The molecular formula is C27H37N6O9P. The number of rotatable bonds is 11. The maximum atomic E-state index is 14.0. The number of anilines is 1. The van der Waals surface area contributed by atoms with Crippen molar-refractivity contribution in [1.82, 2.24) is 24.6 Å². The molecule has 5 rings (SSSR count). The van der Waals surface area contributed by atoms with Gasteiger partial charge in [0, 0.05) is 6.42 Å². The molecule has 0 aliphatic carbocycles. The monoisotopic (exact) mass is 620 g/mol. The Morgan fingerprint density at radius 2 is 2.02 bits per heavy atom. The largest absolute Gasteiger partial charge is 0.479 e. The topological polar surface area (TPSA) is 191 Å². The number of nitrogens with zero attached hydrogens (tertiary/aromatic N) is 4. The summed E-state index contributed by atoms with van der Waals surface area (Å²) < 4.78 is 50.0. The van der Waals surface area contributed by atoms with E-state index in [1.54, 1.807) is 34.9 Å². The fraction of sp³-hybridized carbons (Fsp3) is 0.556. The minimum Gasteiger partial charge on any atom is -0.479 e. The summed E-state index contributed by atoms with van der Waals surface area (Å²) in [6.07, 6.45) is -1.16. The number of esters is 1. The molecule has 15 nitrogen and oxygen atoms in total. The second-order valence-corrected chi connectivity index (χ2v) is 13.4. The molecule has 1 aromatic carbocycles. The van der Waals surface area contributed by atoms with Gasteiger partial charge >= 0.3 is 13.7 Å². The lowest BCUT2D eigenvalue weighted by molar-refractivity contribution is -0.225. The van der Waals surface area contributed by atoms with E-state index in [-0.39, 0.29) is 36.2 Å². The van der Waals surface area contributed by atoms with Gasteiger partial charge in [-0.2, -0.15) is 15.1 Å². The zero-order valence-electron chi connectivity index (χ0n) is 24.6. The van der Waals surface area contributed by atoms with Crippen LogP contribution in [0, 0.1) is 5.41 Å². The van der Waals surface area contributed by atoms with Crippen molar-refractivity contribution < 1.29 is 42.5 Å². The molecule has 4 heterocycles. The highest BCUT2D eigenvalue weighted by Gasteiger charge is 2.62. The summed E-state index contributed by atoms with van der Waals surface area (Å²) in [5, 5.41) is 14.0. The van der Waals surface area contributed by atoms with Crippen LogP contribution in [0.3, 0.4) is 0 Å². The van der Waals surface area contributed by atoms with Crippen LogP contribution in [-0.2, 0) is 28.1 Å². The first kappa shape index (κ1) is 31.1. The van der Waals surface area contributed by atoms with Gasteiger partial charge in [0.1, 0.15) is 29.6 Å². The molecular weight excluding hydrogens is 583 g/mol. The van der Waals surface area contributed by atoms with Crippen LogP contribution in [-0.4, -0.2) is 81.4 Å². The molecule has 43 heavy (non-hydrogen) atoms. The Morgan fingerprint density at radius 1 is 1.30 bits per heavy atom. The van der Waals surface area contributed by atoms with Crippen LogP contribution in [0.15, 0.2) is 36.7 Å². The average molecular weight is 621 g/mol. The number of methoxy groups -OCH3 is 1. The number of hydrogen-bond acceptors (Lipinski definition) is 13. The van der Waals surface area contributed by atoms with Gasteiger partial charge in [0.05, 0.1) is 33.3 Å². The third-order valence-corrected chi connectivity index (χ3v) is 8.66. The zero-order chi connectivity index (χ0) is 31.0. The van der Waals surface area contributed by atoms with E-state index in [1.807, 2.05) is 20.8 Å². The normalized spacial score (nSPS) is 25.7. The summed E-state index contributed by atoms with van der Waals surface area (Å²) in [5.41, 5.74) is 5.14. The van der Waals surface area contributed by atoms with Gasteiger partial charge in [-0.25, -0.2) is 9.55 Å². The number of carbonyl (C=O) groups is 1. The van der Waals surface area contributed by atoms with Crippen LogP contribution in [0.1, 0.15) is 40.3 Å². The van der Waals surface area contributed by atoms with E-state index < -0.39 is 43.8 Å². The van der Waals surface area contributed by atoms with Gasteiger partial charge < -0.3 is 34.3 Å². The van der Waals surface area contributed by atoms with E-state index in [1.165, 1.54) is 20.4 Å². The first-order valence-electron chi connectivity index (χ1n) is 13.8. The molecule has 2 aliphatic heterocycles. The highest BCUT2D eigenvalue weighted by atomic mass is 31.2. The van der Waals surface area contributed by atoms with Crippen molar-refractivity contribution in [2.75, 3.05) is 32.7 Å². The third-order valence-electron chi connectivity index (χ3n) is 7.02. The van der Waals surface area contributed by atoms with E-state index in [0.29, 0.717) is 24.2 Å². The van der Waals surface area contributed by atoms with Crippen LogP contribution in [0.5, 0.6) is 11.6 Å². The number of carbonyl (C=O) groups excluding carboxylic acids is 1. The van der Waals surface area contributed by atoms with Crippen LogP contribution in [0.4, 0.5) is 5.95 Å². The molecule has 16 heteroatoms. The maximum Gasteiger partial charge on any atom is 0.459 e. The Labute approximate surface area is 248 Å². The van der Waals surface area contributed by atoms with Gasteiger partial charge in [-0.1, -0.05) is 39.0 Å². The molecule has 1 spiro atoms. The van der Waals surface area contributed by atoms with Crippen molar-refractivity contribution in [3.63, 3.8) is 0 Å². The minimum atomic E-state index is -4.22. The summed E-state index contributed by atoms with van der Waals surface area (Å²) in [7, 11) is -2.78. The molecule has 234 valence electrons. The van der Waals surface area contributed by atoms with E-state index >= 15 is 0 Å². The number of ether oxygens (including phenoxy) is 4. The predicted octanol–water partition coefficient (Wildman–Crippen LogP) is 2.61. The predicted molar refractivity (Wildman–Crippen MR) is 153 cm³/mol. The molecule has 2 saturated heterocycles. The highest BCUT2D eigenvalue weighted by Crippen LogP contribution is 2.51. The average Bonchev–Trinajstić information content (AvgIpc) is 3.48. The highest BCUT2D eigenvalue weighted by molar-refractivity contribution is 7.52. The number of aliphatic hydroxyl groups excluding tert-OH is 1. The van der Waals surface area contributed by atoms with Gasteiger partial charge in [-0.05, 0) is 24.5 Å². The van der Waals surface area contributed by atoms with E-state index in [0.717, 1.165) is 0 Å². The number of benzene rings is 1. The van der Waals surface area contributed by atoms with Gasteiger partial charge in [-0.3, -0.25) is 13.9 Å². The lowest BCUT2D eigenvalue weighted by Crippen LogP contribution is -2.56. The molecule has 2 aromatic heterocycles. The summed E-state index contributed by atoms with van der Waals surface area (Å²) in [4.78, 5) is 25.4. The maximum absolute atomic E-state index is 14.0. The standard InChI is InChI=1S/C27H37N6O9P/c1-16(23(35)38-14-26(2,3)4)32-43(36,42-17-9-7-6-8-10-17)40-13-18-20(34)27(11-12-39-27)24(41-18)33-15-29-19-21(33)30-25(28)31-22(19)37-5/h6-10,15-16,18,20,24,34H,11-14H2,1-5H3,(H,32,36)(H2,28,30,31)/t16-,18+,20+,24+,27+,43+/m0/s1. The van der Waals surface area contributed by atoms with Crippen molar-refractivity contribution in [2.24, 2.45) is 5.41 Å². The molecule has 2 fully saturated rings. The van der Waals surface area contributed by atoms with Crippen LogP contribution in [0.2, 0.25) is 0 Å². The van der Waals surface area contributed by atoms with E-state index in [4.69, 9.17) is 33.7 Å². The molecule has 0 radical (unpaired) electrons. The molecule has 0 saturated carbocycles. The quantitative estimate of drug-likeness (QED) is 0.209. The molecule has 0 amide bonds. The van der Waals surface area contributed by atoms with Gasteiger partial charge in [0.2, 0.25) is 11.8 Å². The lowest BCUT2D eigenvalue weighted by Gasteiger charge is -2.44. The second kappa shape index (κ2) is 12.0. The molecule has 6 atom stereocenters. The smallest absolute Gasteiger partial charge is 0.459 e. The number of nitrogen functional groups attached to an aromatic ring is 1. The first-order valence-corrected chi connectivity index (χ1v) is 15.3. The van der Waals surface area contributed by atoms with Crippen LogP contribution < -0.4 is 20.1 Å². The van der Waals surface area contributed by atoms with E-state index in [9.17, 15) is 14.5 Å². The number of hydrogen-bond donors (Lipinski definition) is 3. The lowest BCUT2D eigenvalue weighted by atomic mass is 9.86. The fourth-order valence-corrected chi connectivity index (χ4v) is 6.32. The molecule has 4 N–H and O–H groups in total. The second-order valence-electron chi connectivity index (χ2n) is 11.7. The zero-order valence-corrected chi connectivity index (χ0v) is 25.5. The van der Waals surface area contributed by atoms with Gasteiger partial charge in [0.25, 0.3) is 0 Å². The number of fused-ring (bicyclic) bond motifs is 1. The third kappa shape index (κ3) is 6.47. The van der Waals surface area contributed by atoms with Crippen molar-refractivity contribution in [3.05, 3.63) is 36.7 Å². The van der Waals surface area contributed by atoms with Crippen molar-refractivity contribution >= 4 is 30.8 Å². The summed E-state index contributed by atoms with van der Waals surface area (Å²) in [6, 6.07) is 7.33. The van der Waals surface area contributed by atoms with Gasteiger partial charge in [0.15, 0.2) is 17.4 Å². The summed E-state index contributed by atoms with van der Waals surface area (Å²) in [5.74, 6) is -0.232. The van der Waals surface area contributed by atoms with Crippen LogP contribution >= 0.6 is 7.75 Å². The minimum absolute atomic E-state index is 0.0340. The Kier molecular flexibility index (Phi) is 8.67. The number of imidazole rings is 1. The summed E-state index contributed by atoms with van der Waals surface area (Å²) in [6.45, 7) is 7.45. The fourth-order valence-electron chi connectivity index (χ4n) is 4.82. The number of para-hydroxylation sites is 1. The van der Waals surface area contributed by atoms with Crippen molar-refractivity contribution in [3.8, 4) is 11.6 Å². The van der Waals surface area contributed by atoms with Crippen molar-refractivity contribution in [2.45, 2.75) is 64.2 Å². The van der Waals surface area contributed by atoms with Crippen molar-refractivity contribution in [1.29, 1.82) is 0 Å². The molecule has 2 aliphatic rings. The molecule has 0 unspecified atom stereocenters. The van der Waals surface area contributed by atoms with Gasteiger partial charge in [-0.15, -0.1) is 0 Å². The Hall–Kier alpha value is -3.33. The summed E-state index contributed by atoms with van der Waals surface area (Å²) >= 11 is 0.